The molecule has 0 aromatic rings. The van der Waals surface area contributed by atoms with Crippen LogP contribution in [0.2, 0.25) is 0 Å². The second-order valence-corrected chi connectivity index (χ2v) is 5.53. The van der Waals surface area contributed by atoms with Gasteiger partial charge in [-0.15, -0.1) is 0 Å². The van der Waals surface area contributed by atoms with Crippen LogP contribution >= 0.6 is 11.8 Å². The van der Waals surface area contributed by atoms with E-state index < -0.39 is 5.97 Å². The standard InChI is InChI=1S/C10H16N2O3S.Y/c13-8(14)4-2-1-3-7-9-6(5-16-7)11-10(15)12-9;/h6-7,9H,1-5H2,(H,13,14)(H2,11,12,15);. The van der Waals surface area contributed by atoms with Crippen LogP contribution in [0.5, 0.6) is 0 Å². The molecule has 7 heteroatoms. The third kappa shape index (κ3) is 4.10. The molecule has 0 aromatic heterocycles. The molecule has 2 rings (SSSR count). The van der Waals surface area contributed by atoms with E-state index in [0.717, 1.165) is 25.0 Å². The second kappa shape index (κ2) is 6.95. The third-order valence-corrected chi connectivity index (χ3v) is 4.58. The molecular weight excluding hydrogens is 317 g/mol. The van der Waals surface area contributed by atoms with Crippen molar-refractivity contribution in [1.29, 1.82) is 0 Å². The van der Waals surface area contributed by atoms with Crippen LogP contribution in [0.4, 0.5) is 4.79 Å². The van der Waals surface area contributed by atoms with E-state index in [1.165, 1.54) is 0 Å². The first-order valence-corrected chi connectivity index (χ1v) is 6.62. The molecular formula is C10H16N2O3SY. The van der Waals surface area contributed by atoms with E-state index in [2.05, 4.69) is 10.6 Å². The fraction of sp³-hybridized carbons (Fsp3) is 0.800. The van der Waals surface area contributed by atoms with Gasteiger partial charge in [-0.2, -0.15) is 11.8 Å². The van der Waals surface area contributed by atoms with Gasteiger partial charge in [0.15, 0.2) is 0 Å². The molecule has 0 saturated carbocycles. The second-order valence-electron chi connectivity index (χ2n) is 4.26. The number of hydrogen-bond acceptors (Lipinski definition) is 3. The minimum atomic E-state index is -0.729. The van der Waals surface area contributed by atoms with Gasteiger partial charge in [-0.3, -0.25) is 4.79 Å². The predicted molar refractivity (Wildman–Crippen MR) is 61.6 cm³/mol. The number of rotatable bonds is 5. The van der Waals surface area contributed by atoms with Gasteiger partial charge in [0.1, 0.15) is 0 Å². The van der Waals surface area contributed by atoms with Gasteiger partial charge >= 0.3 is 12.0 Å². The molecule has 0 spiro atoms. The van der Waals surface area contributed by atoms with Crippen LogP contribution in [0, 0.1) is 0 Å². The van der Waals surface area contributed by atoms with Crippen LogP contribution in [-0.2, 0) is 37.5 Å². The molecule has 2 aliphatic rings. The topological polar surface area (TPSA) is 78.4 Å². The Morgan fingerprint density at radius 3 is 2.88 bits per heavy atom. The van der Waals surface area contributed by atoms with E-state index in [0.29, 0.717) is 5.25 Å². The molecule has 17 heavy (non-hydrogen) atoms. The van der Waals surface area contributed by atoms with Crippen LogP contribution in [0.25, 0.3) is 0 Å². The van der Waals surface area contributed by atoms with Crippen LogP contribution in [0.15, 0.2) is 0 Å². The van der Waals surface area contributed by atoms with Crippen LogP contribution in [-0.4, -0.2) is 40.2 Å². The first-order chi connectivity index (χ1) is 7.66. The van der Waals surface area contributed by atoms with Gasteiger partial charge in [-0.25, -0.2) is 4.79 Å². The van der Waals surface area contributed by atoms with E-state index in [1.807, 2.05) is 11.8 Å². The zero-order valence-corrected chi connectivity index (χ0v) is 13.2. The van der Waals surface area contributed by atoms with E-state index in [1.54, 1.807) is 0 Å². The van der Waals surface area contributed by atoms with Gasteiger partial charge in [0, 0.05) is 50.1 Å². The largest absolute Gasteiger partial charge is 0.481 e. The Balaban J connectivity index is 0.00000144. The Bertz CT molecular complexity index is 303. The number of amides is 2. The van der Waals surface area contributed by atoms with Crippen LogP contribution in [0.1, 0.15) is 25.7 Å². The maximum absolute atomic E-state index is 11.1. The Morgan fingerprint density at radius 1 is 1.41 bits per heavy atom. The molecule has 0 aliphatic carbocycles. The molecule has 2 fully saturated rings. The molecule has 3 N–H and O–H groups in total. The summed E-state index contributed by atoms with van der Waals surface area (Å²) in [6, 6.07) is 0.440. The van der Waals surface area contributed by atoms with Crippen LogP contribution < -0.4 is 10.6 Å². The monoisotopic (exact) mass is 333 g/mol. The van der Waals surface area contributed by atoms with Crippen molar-refractivity contribution >= 4 is 23.8 Å². The minimum absolute atomic E-state index is 0. The number of hydrogen-bond donors (Lipinski definition) is 3. The number of unbranched alkanes of at least 4 members (excludes halogenated alkanes) is 1. The summed E-state index contributed by atoms with van der Waals surface area (Å²) in [4.78, 5) is 21.5. The average molecular weight is 333 g/mol. The number of urea groups is 1. The summed E-state index contributed by atoms with van der Waals surface area (Å²) in [5.41, 5.74) is 0. The molecule has 3 atom stereocenters. The van der Waals surface area contributed by atoms with Gasteiger partial charge in [-0.1, -0.05) is 6.42 Å². The predicted octanol–water partition coefficient (Wildman–Crippen LogP) is 0.794. The van der Waals surface area contributed by atoms with Crippen molar-refractivity contribution in [3.63, 3.8) is 0 Å². The smallest absolute Gasteiger partial charge is 0.315 e. The number of nitrogens with one attached hydrogen (secondary N) is 2. The van der Waals surface area contributed by atoms with Crippen molar-refractivity contribution < 1.29 is 47.4 Å². The van der Waals surface area contributed by atoms with Crippen LogP contribution in [0.3, 0.4) is 0 Å². The van der Waals surface area contributed by atoms with E-state index >= 15 is 0 Å². The number of carboxylic acids is 1. The number of carboxylic acid groups (broad SMARTS) is 1. The van der Waals surface area contributed by atoms with Crippen molar-refractivity contribution in [3.05, 3.63) is 0 Å². The Hall–Kier alpha value is 0.194. The molecule has 5 nitrogen and oxygen atoms in total. The number of carbonyl (C=O) groups is 2. The van der Waals surface area contributed by atoms with Gasteiger partial charge in [0.05, 0.1) is 12.1 Å². The fourth-order valence-corrected chi connectivity index (χ4v) is 3.81. The fourth-order valence-electron chi connectivity index (χ4n) is 2.26. The summed E-state index contributed by atoms with van der Waals surface area (Å²) in [5, 5.41) is 14.8. The summed E-state index contributed by atoms with van der Waals surface area (Å²) in [6.45, 7) is 0. The van der Waals surface area contributed by atoms with Gasteiger partial charge < -0.3 is 15.7 Å². The van der Waals surface area contributed by atoms with Crippen molar-refractivity contribution in [2.45, 2.75) is 43.0 Å². The maximum atomic E-state index is 11.1. The summed E-state index contributed by atoms with van der Waals surface area (Å²) >= 11 is 1.87. The van der Waals surface area contributed by atoms with Crippen molar-refractivity contribution in [1.82, 2.24) is 10.6 Å². The molecule has 1 radical (unpaired) electrons. The Morgan fingerprint density at radius 2 is 2.18 bits per heavy atom. The zero-order valence-electron chi connectivity index (χ0n) is 9.52. The number of carbonyl (C=O) groups excluding carboxylic acids is 1. The van der Waals surface area contributed by atoms with Gasteiger partial charge in [0.25, 0.3) is 0 Å². The Labute approximate surface area is 130 Å². The van der Waals surface area contributed by atoms with E-state index in [4.69, 9.17) is 5.11 Å². The third-order valence-electron chi connectivity index (χ3n) is 3.07. The summed E-state index contributed by atoms with van der Waals surface area (Å²) < 4.78 is 0. The Kier molecular flexibility index (Phi) is 6.23. The van der Waals surface area contributed by atoms with Gasteiger partial charge in [0.2, 0.25) is 0 Å². The SMILES string of the molecule is O=C(O)CCCCC1SCC2NC(=O)NC21.[Y]. The number of fused-ring (bicyclic) bond motifs is 1. The zero-order chi connectivity index (χ0) is 11.5. The van der Waals surface area contributed by atoms with Crippen molar-refractivity contribution in [2.24, 2.45) is 0 Å². The quantitative estimate of drug-likeness (QED) is 0.514. The molecule has 2 heterocycles. The van der Waals surface area contributed by atoms with E-state index in [-0.39, 0.29) is 57.2 Å². The molecule has 93 valence electrons. The molecule has 0 aromatic carbocycles. The molecule has 2 amide bonds. The minimum Gasteiger partial charge on any atom is -0.481 e. The normalized spacial score (nSPS) is 30.1. The first kappa shape index (κ1) is 15.3. The number of aliphatic carboxylic acids is 1. The summed E-state index contributed by atoms with van der Waals surface area (Å²) in [5.74, 6) is 0.236. The van der Waals surface area contributed by atoms with Crippen molar-refractivity contribution in [2.75, 3.05) is 5.75 Å². The summed E-state index contributed by atoms with van der Waals surface area (Å²) in [6.07, 6.45) is 2.88. The van der Waals surface area contributed by atoms with Gasteiger partial charge in [-0.05, 0) is 12.8 Å². The first-order valence-electron chi connectivity index (χ1n) is 5.57. The van der Waals surface area contributed by atoms with E-state index in [9.17, 15) is 9.59 Å². The molecule has 3 unspecified atom stereocenters. The molecule has 2 aliphatic heterocycles. The molecule has 2 saturated heterocycles. The average Bonchev–Trinajstić information content (AvgIpc) is 2.72. The maximum Gasteiger partial charge on any atom is 0.315 e. The summed E-state index contributed by atoms with van der Waals surface area (Å²) in [7, 11) is 0. The number of thioether (sulfide) groups is 1. The van der Waals surface area contributed by atoms with Crippen molar-refractivity contribution in [3.8, 4) is 0 Å². The molecule has 0 bridgehead atoms.